The van der Waals surface area contributed by atoms with Gasteiger partial charge in [-0.25, -0.2) is 9.37 Å². The molecule has 1 atom stereocenters. The zero-order chi connectivity index (χ0) is 23.0. The average Bonchev–Trinajstić information content (AvgIpc) is 2.73. The lowest BCUT2D eigenvalue weighted by molar-refractivity contribution is 0.624. The molecule has 1 unspecified atom stereocenters. The van der Waals surface area contributed by atoms with Crippen molar-refractivity contribution >= 4 is 40.1 Å². The molecule has 5 N–H and O–H groups in total. The molecule has 4 rings (SSSR count). The first-order valence-corrected chi connectivity index (χ1v) is 9.74. The van der Waals surface area contributed by atoms with Gasteiger partial charge in [-0.05, 0) is 37.3 Å². The van der Waals surface area contributed by atoms with Crippen molar-refractivity contribution < 1.29 is 4.39 Å². The second-order valence-corrected chi connectivity index (χ2v) is 7.30. The monoisotopic (exact) mass is 450 g/mol. The third-order valence-electron chi connectivity index (χ3n) is 4.75. The molecule has 2 aromatic carbocycles. The zero-order valence-corrected chi connectivity index (χ0v) is 17.4. The van der Waals surface area contributed by atoms with Crippen LogP contribution in [-0.2, 0) is 0 Å². The predicted octanol–water partition coefficient (Wildman–Crippen LogP) is 3.18. The quantitative estimate of drug-likeness (QED) is 0.429. The highest BCUT2D eigenvalue weighted by Crippen LogP contribution is 2.26. The van der Waals surface area contributed by atoms with Crippen LogP contribution in [0.4, 0.5) is 22.0 Å². The summed E-state index contributed by atoms with van der Waals surface area (Å²) in [5.41, 5.74) is 11.6. The Balaban J connectivity index is 1.95. The first-order valence-electron chi connectivity index (χ1n) is 9.37. The Bertz CT molecular complexity index is 1460. The van der Waals surface area contributed by atoms with Crippen molar-refractivity contribution in [3.63, 3.8) is 0 Å². The second kappa shape index (κ2) is 8.13. The molecule has 2 aromatic heterocycles. The molecular weight excluding hydrogens is 435 g/mol. The van der Waals surface area contributed by atoms with E-state index in [1.807, 2.05) is 6.07 Å². The summed E-state index contributed by atoms with van der Waals surface area (Å²) >= 11 is 6.27. The lowest BCUT2D eigenvalue weighted by atomic mass is 10.2. The minimum atomic E-state index is -0.685. The number of fused-ring (bicyclic) bond motifs is 1. The minimum Gasteiger partial charge on any atom is -0.382 e. The number of anilines is 3. The van der Waals surface area contributed by atoms with Gasteiger partial charge >= 0.3 is 0 Å². The van der Waals surface area contributed by atoms with Crippen LogP contribution in [-0.4, -0.2) is 19.5 Å². The van der Waals surface area contributed by atoms with Crippen LogP contribution >= 0.6 is 11.6 Å². The van der Waals surface area contributed by atoms with Crippen LogP contribution in [0.3, 0.4) is 0 Å². The fourth-order valence-electron chi connectivity index (χ4n) is 3.34. The van der Waals surface area contributed by atoms with Gasteiger partial charge in [-0.2, -0.15) is 15.2 Å². The highest BCUT2D eigenvalue weighted by atomic mass is 35.5. The molecule has 9 nitrogen and oxygen atoms in total. The number of nitrogens with one attached hydrogen (secondary N) is 1. The lowest BCUT2D eigenvalue weighted by Crippen LogP contribution is -2.28. The number of aromatic nitrogens is 4. The number of benzene rings is 2. The van der Waals surface area contributed by atoms with Crippen LogP contribution < -0.4 is 22.3 Å². The lowest BCUT2D eigenvalue weighted by Gasteiger charge is -2.21. The summed E-state index contributed by atoms with van der Waals surface area (Å²) in [5, 5.41) is 12.9. The van der Waals surface area contributed by atoms with Gasteiger partial charge in [-0.15, -0.1) is 0 Å². The maximum Gasteiger partial charge on any atom is 0.267 e. The van der Waals surface area contributed by atoms with E-state index in [0.717, 1.165) is 0 Å². The summed E-state index contributed by atoms with van der Waals surface area (Å²) in [5.74, 6) is -0.429. The molecule has 0 fully saturated rings. The molecule has 0 saturated heterocycles. The maximum atomic E-state index is 14.0. The van der Waals surface area contributed by atoms with E-state index >= 15 is 0 Å². The van der Waals surface area contributed by atoms with Gasteiger partial charge in [-0.1, -0.05) is 23.7 Å². The second-order valence-electron chi connectivity index (χ2n) is 6.89. The predicted molar refractivity (Wildman–Crippen MR) is 120 cm³/mol. The average molecular weight is 451 g/mol. The maximum absolute atomic E-state index is 14.0. The molecule has 0 spiro atoms. The summed E-state index contributed by atoms with van der Waals surface area (Å²) in [7, 11) is 0. The van der Waals surface area contributed by atoms with Gasteiger partial charge in [-0.3, -0.25) is 9.36 Å². The first kappa shape index (κ1) is 21.0. The Morgan fingerprint density at radius 1 is 1.19 bits per heavy atom. The molecule has 4 aromatic rings. The molecular formula is C21H16ClFN8O. The Hall–Kier alpha value is -4.23. The fraction of sp³-hybridized carbons (Fsp3) is 0.0952. The Morgan fingerprint density at radius 3 is 2.66 bits per heavy atom. The van der Waals surface area contributed by atoms with Crippen LogP contribution in [0.15, 0.2) is 47.3 Å². The number of halogens is 2. The molecule has 2 heterocycles. The molecule has 0 amide bonds. The Labute approximate surface area is 186 Å². The number of hydrogen-bond donors (Lipinski definition) is 3. The van der Waals surface area contributed by atoms with E-state index in [-0.39, 0.29) is 45.1 Å². The summed E-state index contributed by atoms with van der Waals surface area (Å²) in [4.78, 5) is 25.9. The summed E-state index contributed by atoms with van der Waals surface area (Å²) in [6.07, 6.45) is 0. The smallest absolute Gasteiger partial charge is 0.267 e. The van der Waals surface area contributed by atoms with Crippen LogP contribution in [0.25, 0.3) is 16.6 Å². The van der Waals surface area contributed by atoms with Gasteiger partial charge < -0.3 is 16.8 Å². The number of nitrogens with zero attached hydrogens (tertiary/aromatic N) is 5. The van der Waals surface area contributed by atoms with E-state index < -0.39 is 17.4 Å². The number of nitriles is 1. The van der Waals surface area contributed by atoms with Crippen LogP contribution in [0.5, 0.6) is 0 Å². The van der Waals surface area contributed by atoms with Crippen molar-refractivity contribution in [1.82, 2.24) is 19.5 Å². The third-order valence-corrected chi connectivity index (χ3v) is 5.06. The van der Waals surface area contributed by atoms with Crippen LogP contribution in [0.1, 0.15) is 24.4 Å². The molecule has 0 saturated carbocycles. The standard InChI is InChI=1S/C21H16ClFN8O/c1-10(27-18-13(9-24)17(25)29-21(26)30-18)19-28-15-7-3-6-14(22)16(15)20(32)31(19)12-5-2-4-11(23)8-12/h2-8,10H,1H3,(H5,25,26,27,29,30). The number of rotatable bonds is 4. The van der Waals surface area contributed by atoms with Gasteiger partial charge in [0.25, 0.3) is 5.56 Å². The van der Waals surface area contributed by atoms with Crippen molar-refractivity contribution in [2.24, 2.45) is 0 Å². The van der Waals surface area contributed by atoms with Gasteiger partial charge in [0, 0.05) is 0 Å². The van der Waals surface area contributed by atoms with Gasteiger partial charge in [0.2, 0.25) is 5.95 Å². The molecule has 0 bridgehead atoms. The molecule has 0 aliphatic rings. The third kappa shape index (κ3) is 3.66. The molecule has 0 aliphatic heterocycles. The SMILES string of the molecule is CC(Nc1nc(N)nc(N)c1C#N)c1nc2cccc(Cl)c2c(=O)n1-c1cccc(F)c1. The molecule has 0 aliphatic carbocycles. The van der Waals surface area contributed by atoms with Crippen molar-refractivity contribution in [1.29, 1.82) is 5.26 Å². The van der Waals surface area contributed by atoms with Crippen molar-refractivity contribution in [3.8, 4) is 11.8 Å². The largest absolute Gasteiger partial charge is 0.382 e. The number of hydrogen-bond acceptors (Lipinski definition) is 8. The molecule has 0 radical (unpaired) electrons. The van der Waals surface area contributed by atoms with Crippen molar-refractivity contribution in [3.05, 3.63) is 75.0 Å². The topological polar surface area (TPSA) is 149 Å². The minimum absolute atomic E-state index is 0.00506. The molecule has 160 valence electrons. The first-order chi connectivity index (χ1) is 15.3. The van der Waals surface area contributed by atoms with E-state index in [1.165, 1.54) is 22.8 Å². The van der Waals surface area contributed by atoms with Crippen molar-refractivity contribution in [2.45, 2.75) is 13.0 Å². The fourth-order valence-corrected chi connectivity index (χ4v) is 3.59. The number of nitrogens with two attached hydrogens (primary N) is 2. The van der Waals surface area contributed by atoms with Gasteiger partial charge in [0.05, 0.1) is 27.7 Å². The highest BCUT2D eigenvalue weighted by Gasteiger charge is 2.22. The summed E-state index contributed by atoms with van der Waals surface area (Å²) in [6.45, 7) is 1.70. The van der Waals surface area contributed by atoms with E-state index in [1.54, 1.807) is 31.2 Å². The highest BCUT2D eigenvalue weighted by molar-refractivity contribution is 6.35. The van der Waals surface area contributed by atoms with Crippen LogP contribution in [0.2, 0.25) is 5.02 Å². The van der Waals surface area contributed by atoms with Crippen LogP contribution in [0, 0.1) is 17.1 Å². The van der Waals surface area contributed by atoms with E-state index in [9.17, 15) is 14.4 Å². The Morgan fingerprint density at radius 2 is 1.94 bits per heavy atom. The summed E-state index contributed by atoms with van der Waals surface area (Å²) in [6, 6.07) is 11.7. The van der Waals surface area contributed by atoms with E-state index in [4.69, 9.17) is 23.1 Å². The van der Waals surface area contributed by atoms with Gasteiger partial charge in [0.1, 0.15) is 29.1 Å². The Kier molecular flexibility index (Phi) is 5.34. The van der Waals surface area contributed by atoms with Crippen molar-refractivity contribution in [2.75, 3.05) is 16.8 Å². The zero-order valence-electron chi connectivity index (χ0n) is 16.7. The van der Waals surface area contributed by atoms with E-state index in [2.05, 4.69) is 20.3 Å². The molecule has 11 heteroatoms. The van der Waals surface area contributed by atoms with Gasteiger partial charge in [0.15, 0.2) is 5.82 Å². The van der Waals surface area contributed by atoms with E-state index in [0.29, 0.717) is 5.52 Å². The molecule has 32 heavy (non-hydrogen) atoms. The normalized spacial score (nSPS) is 11.8. The number of nitrogen functional groups attached to an aromatic ring is 2. The summed E-state index contributed by atoms with van der Waals surface area (Å²) < 4.78 is 15.2.